The maximum Gasteiger partial charge on any atom is 0.307 e. The number of aromatic nitrogens is 4. The van der Waals surface area contributed by atoms with Gasteiger partial charge in [-0.1, -0.05) is 0 Å². The Balaban J connectivity index is 2.41. The quantitative estimate of drug-likeness (QED) is 0.552. The summed E-state index contributed by atoms with van der Waals surface area (Å²) in [5, 5.41) is 14.1. The Morgan fingerprint density at radius 1 is 1.53 bits per heavy atom. The van der Waals surface area contributed by atoms with E-state index in [1.54, 1.807) is 0 Å². The molecule has 0 aliphatic carbocycles. The number of nitro groups is 1. The molecule has 2 rings (SSSR count). The molecule has 0 radical (unpaired) electrons. The highest BCUT2D eigenvalue weighted by molar-refractivity contribution is 5.31. The molecule has 0 atom stereocenters. The molecule has 0 saturated heterocycles. The maximum absolute atomic E-state index is 10.4. The minimum absolute atomic E-state index is 0.124. The van der Waals surface area contributed by atoms with Gasteiger partial charge in [0.25, 0.3) is 5.95 Å². The van der Waals surface area contributed by atoms with Crippen LogP contribution in [0.5, 0.6) is 0 Å². The fraction of sp³-hybridized carbons (Fsp3) is 0. The third-order valence-electron chi connectivity index (χ3n) is 1.65. The lowest BCUT2D eigenvalue weighted by Gasteiger charge is -1.97. The summed E-state index contributed by atoms with van der Waals surface area (Å²) in [5.41, 5.74) is 5.31. The zero-order chi connectivity index (χ0) is 10.8. The van der Waals surface area contributed by atoms with Crippen LogP contribution in [-0.4, -0.2) is 24.7 Å². The molecule has 15 heavy (non-hydrogen) atoms. The minimum Gasteiger partial charge on any atom is -0.384 e. The fourth-order valence-electron chi connectivity index (χ4n) is 0.989. The molecule has 0 bridgehead atoms. The smallest absolute Gasteiger partial charge is 0.307 e. The Hall–Kier alpha value is -2.51. The first kappa shape index (κ1) is 9.06. The van der Waals surface area contributed by atoms with E-state index in [1.165, 1.54) is 23.1 Å². The molecular weight excluding hydrogens is 200 g/mol. The van der Waals surface area contributed by atoms with Gasteiger partial charge in [0, 0.05) is 6.20 Å². The number of rotatable bonds is 2. The third kappa shape index (κ3) is 1.73. The van der Waals surface area contributed by atoms with Gasteiger partial charge < -0.3 is 5.73 Å². The van der Waals surface area contributed by atoms with Crippen molar-refractivity contribution in [3.63, 3.8) is 0 Å². The topological polar surface area (TPSA) is 113 Å². The molecule has 0 unspecified atom stereocenters. The first-order valence-electron chi connectivity index (χ1n) is 3.95. The molecule has 0 spiro atoms. The van der Waals surface area contributed by atoms with Gasteiger partial charge in [-0.3, -0.25) is 10.1 Å². The van der Waals surface area contributed by atoms with E-state index in [4.69, 9.17) is 5.73 Å². The van der Waals surface area contributed by atoms with Crippen molar-refractivity contribution in [1.29, 1.82) is 0 Å². The second kappa shape index (κ2) is 3.33. The molecule has 0 aliphatic rings. The van der Waals surface area contributed by atoms with E-state index < -0.39 is 4.92 Å². The Morgan fingerprint density at radius 3 is 2.93 bits per heavy atom. The summed E-state index contributed by atoms with van der Waals surface area (Å²) in [6.45, 7) is 0. The minimum atomic E-state index is -0.546. The second-order valence-electron chi connectivity index (χ2n) is 2.68. The SMILES string of the molecule is Nc1ccnc(-n2cc([N+](=O)[O-])cn2)n1. The van der Waals surface area contributed by atoms with Crippen molar-refractivity contribution in [1.82, 2.24) is 19.7 Å². The summed E-state index contributed by atoms with van der Waals surface area (Å²) < 4.78 is 1.19. The predicted octanol–water partition coefficient (Wildman–Crippen LogP) is 0.153. The predicted molar refractivity (Wildman–Crippen MR) is 50.2 cm³/mol. The molecular formula is C7H6N6O2. The Labute approximate surface area is 83.5 Å². The molecule has 8 nitrogen and oxygen atoms in total. The summed E-state index contributed by atoms with van der Waals surface area (Å²) in [4.78, 5) is 17.6. The summed E-state index contributed by atoms with van der Waals surface area (Å²) in [7, 11) is 0. The van der Waals surface area contributed by atoms with E-state index in [1.807, 2.05) is 0 Å². The average molecular weight is 206 g/mol. The van der Waals surface area contributed by atoms with Crippen LogP contribution in [0.15, 0.2) is 24.7 Å². The van der Waals surface area contributed by atoms with Crippen molar-refractivity contribution in [2.75, 3.05) is 5.73 Å². The van der Waals surface area contributed by atoms with Crippen molar-refractivity contribution in [3.8, 4) is 5.95 Å². The first-order chi connectivity index (χ1) is 7.16. The van der Waals surface area contributed by atoms with Gasteiger partial charge in [-0.05, 0) is 6.07 Å². The first-order valence-corrected chi connectivity index (χ1v) is 3.95. The van der Waals surface area contributed by atoms with Crippen LogP contribution >= 0.6 is 0 Å². The van der Waals surface area contributed by atoms with Gasteiger partial charge in [-0.25, -0.2) is 4.98 Å². The zero-order valence-electron chi connectivity index (χ0n) is 7.44. The largest absolute Gasteiger partial charge is 0.384 e. The lowest BCUT2D eigenvalue weighted by Crippen LogP contribution is -2.03. The summed E-state index contributed by atoms with van der Waals surface area (Å²) in [6.07, 6.45) is 3.78. The van der Waals surface area contributed by atoms with Crippen molar-refractivity contribution in [3.05, 3.63) is 34.8 Å². The van der Waals surface area contributed by atoms with Crippen LogP contribution in [0, 0.1) is 10.1 Å². The van der Waals surface area contributed by atoms with Crippen molar-refractivity contribution >= 4 is 11.5 Å². The van der Waals surface area contributed by atoms with Crippen molar-refractivity contribution in [2.24, 2.45) is 0 Å². The van der Waals surface area contributed by atoms with Crippen LogP contribution in [-0.2, 0) is 0 Å². The highest BCUT2D eigenvalue weighted by Gasteiger charge is 2.11. The number of anilines is 1. The van der Waals surface area contributed by atoms with Crippen LogP contribution < -0.4 is 5.73 Å². The average Bonchev–Trinajstić information content (AvgIpc) is 2.66. The molecule has 0 amide bonds. The number of hydrogen-bond acceptors (Lipinski definition) is 6. The van der Waals surface area contributed by atoms with E-state index in [-0.39, 0.29) is 17.5 Å². The highest BCUT2D eigenvalue weighted by atomic mass is 16.6. The molecule has 2 aromatic rings. The van der Waals surface area contributed by atoms with E-state index in [0.29, 0.717) is 0 Å². The molecule has 0 fully saturated rings. The summed E-state index contributed by atoms with van der Waals surface area (Å²) in [6, 6.07) is 1.52. The Bertz CT molecular complexity index is 508. The van der Waals surface area contributed by atoms with Gasteiger partial charge in [0.2, 0.25) is 0 Å². The van der Waals surface area contributed by atoms with E-state index in [9.17, 15) is 10.1 Å². The van der Waals surface area contributed by atoms with Crippen molar-refractivity contribution in [2.45, 2.75) is 0 Å². The van der Waals surface area contributed by atoms with Crippen LogP contribution in [0.25, 0.3) is 5.95 Å². The standard InChI is InChI=1S/C7H6N6O2/c8-6-1-2-9-7(11-6)12-4-5(3-10-12)13(14)15/h1-4H,(H2,8,9,11). The van der Waals surface area contributed by atoms with E-state index in [0.717, 1.165) is 6.20 Å². The van der Waals surface area contributed by atoms with E-state index in [2.05, 4.69) is 15.1 Å². The molecule has 76 valence electrons. The maximum atomic E-state index is 10.4. The van der Waals surface area contributed by atoms with Crippen LogP contribution in [0.1, 0.15) is 0 Å². The molecule has 2 N–H and O–H groups in total. The summed E-state index contributed by atoms with van der Waals surface area (Å²) >= 11 is 0. The van der Waals surface area contributed by atoms with E-state index >= 15 is 0 Å². The molecule has 2 aromatic heterocycles. The Morgan fingerprint density at radius 2 is 2.33 bits per heavy atom. The zero-order valence-corrected chi connectivity index (χ0v) is 7.44. The number of hydrogen-bond donors (Lipinski definition) is 1. The fourth-order valence-corrected chi connectivity index (χ4v) is 0.989. The summed E-state index contributed by atoms with van der Waals surface area (Å²) in [5.74, 6) is 0.473. The highest BCUT2D eigenvalue weighted by Crippen LogP contribution is 2.10. The normalized spacial score (nSPS) is 10.1. The molecule has 0 saturated carbocycles. The Kier molecular flexibility index (Phi) is 2.01. The van der Waals surface area contributed by atoms with Crippen LogP contribution in [0.2, 0.25) is 0 Å². The van der Waals surface area contributed by atoms with Gasteiger partial charge in [-0.2, -0.15) is 14.8 Å². The molecule has 2 heterocycles. The number of nitrogens with zero attached hydrogens (tertiary/aromatic N) is 5. The van der Waals surface area contributed by atoms with Crippen LogP contribution in [0.4, 0.5) is 11.5 Å². The molecule has 0 aliphatic heterocycles. The van der Waals surface area contributed by atoms with Gasteiger partial charge in [0.1, 0.15) is 18.2 Å². The molecule has 8 heteroatoms. The molecule has 0 aromatic carbocycles. The monoisotopic (exact) mass is 206 g/mol. The van der Waals surface area contributed by atoms with Gasteiger partial charge in [0.15, 0.2) is 0 Å². The lowest BCUT2D eigenvalue weighted by atomic mass is 10.6. The lowest BCUT2D eigenvalue weighted by molar-refractivity contribution is -0.384. The van der Waals surface area contributed by atoms with Crippen molar-refractivity contribution < 1.29 is 4.92 Å². The van der Waals surface area contributed by atoms with Gasteiger partial charge in [0.05, 0.1) is 4.92 Å². The van der Waals surface area contributed by atoms with Gasteiger partial charge in [-0.15, -0.1) is 0 Å². The van der Waals surface area contributed by atoms with Gasteiger partial charge >= 0.3 is 5.69 Å². The third-order valence-corrected chi connectivity index (χ3v) is 1.65. The van der Waals surface area contributed by atoms with Crippen LogP contribution in [0.3, 0.4) is 0 Å². The second-order valence-corrected chi connectivity index (χ2v) is 2.68. The number of nitrogens with two attached hydrogens (primary N) is 1. The number of nitrogen functional groups attached to an aromatic ring is 1.